The second kappa shape index (κ2) is 7.82. The van der Waals surface area contributed by atoms with Gasteiger partial charge < -0.3 is 43.4 Å². The standard InChI is InChI=1S/C20H20O10/c1-25-10-7-8(6-9(21)16(10)26-2)15-14(24)12(22)11-13(23)18(27-3)20(29-5)19(28-4)17(11)30-15/h6-7,21,23-24H,1-5H3. The van der Waals surface area contributed by atoms with Gasteiger partial charge in [-0.3, -0.25) is 4.79 Å². The van der Waals surface area contributed by atoms with Crippen LogP contribution in [-0.2, 0) is 0 Å². The molecule has 2 aromatic carbocycles. The predicted octanol–water partition coefficient (Wildman–Crippen LogP) is 2.62. The Bertz CT molecular complexity index is 1180. The fourth-order valence-electron chi connectivity index (χ4n) is 3.16. The second-order valence-electron chi connectivity index (χ2n) is 5.99. The molecular weight excluding hydrogens is 400 g/mol. The summed E-state index contributed by atoms with van der Waals surface area (Å²) in [5.74, 6) is -2.02. The van der Waals surface area contributed by atoms with Gasteiger partial charge >= 0.3 is 0 Å². The first kappa shape index (κ1) is 20.8. The topological polar surface area (TPSA) is 137 Å². The van der Waals surface area contributed by atoms with Crippen LogP contribution in [0.2, 0.25) is 0 Å². The maximum absolute atomic E-state index is 12.9. The van der Waals surface area contributed by atoms with E-state index in [1.807, 2.05) is 0 Å². The van der Waals surface area contributed by atoms with Gasteiger partial charge in [0.15, 0.2) is 28.6 Å². The molecule has 10 nitrogen and oxygen atoms in total. The van der Waals surface area contributed by atoms with Crippen molar-refractivity contribution in [2.75, 3.05) is 35.5 Å². The maximum atomic E-state index is 12.9. The van der Waals surface area contributed by atoms with Gasteiger partial charge in [-0.25, -0.2) is 0 Å². The molecule has 10 heteroatoms. The van der Waals surface area contributed by atoms with Crippen LogP contribution in [0.3, 0.4) is 0 Å². The maximum Gasteiger partial charge on any atom is 0.239 e. The molecule has 160 valence electrons. The summed E-state index contributed by atoms with van der Waals surface area (Å²) in [5, 5.41) is 30.9. The largest absolute Gasteiger partial charge is 0.504 e. The number of hydrogen-bond acceptors (Lipinski definition) is 10. The molecule has 1 heterocycles. The monoisotopic (exact) mass is 420 g/mol. The van der Waals surface area contributed by atoms with Crippen LogP contribution in [0.5, 0.6) is 46.0 Å². The minimum Gasteiger partial charge on any atom is -0.504 e. The molecule has 30 heavy (non-hydrogen) atoms. The molecule has 0 atom stereocenters. The Hall–Kier alpha value is -3.95. The van der Waals surface area contributed by atoms with E-state index in [-0.39, 0.29) is 56.8 Å². The van der Waals surface area contributed by atoms with Gasteiger partial charge in [0.1, 0.15) is 5.39 Å². The molecule has 3 N–H and O–H groups in total. The van der Waals surface area contributed by atoms with Gasteiger partial charge in [-0.05, 0) is 12.1 Å². The van der Waals surface area contributed by atoms with Crippen molar-refractivity contribution in [3.05, 3.63) is 22.4 Å². The summed E-state index contributed by atoms with van der Waals surface area (Å²) in [5.41, 5.74) is -1.03. The highest BCUT2D eigenvalue weighted by Crippen LogP contribution is 2.51. The third-order valence-corrected chi connectivity index (χ3v) is 4.49. The van der Waals surface area contributed by atoms with Gasteiger partial charge in [-0.15, -0.1) is 0 Å². The third kappa shape index (κ3) is 2.93. The van der Waals surface area contributed by atoms with Gasteiger partial charge in [-0.2, -0.15) is 0 Å². The van der Waals surface area contributed by atoms with Crippen molar-refractivity contribution in [3.63, 3.8) is 0 Å². The molecule has 1 aromatic heterocycles. The summed E-state index contributed by atoms with van der Waals surface area (Å²) in [7, 11) is 6.60. The van der Waals surface area contributed by atoms with Crippen LogP contribution in [0.25, 0.3) is 22.3 Å². The van der Waals surface area contributed by atoms with Gasteiger partial charge in [0.25, 0.3) is 0 Å². The number of rotatable bonds is 6. The second-order valence-corrected chi connectivity index (χ2v) is 5.99. The Morgan fingerprint density at radius 2 is 1.33 bits per heavy atom. The number of benzene rings is 2. The van der Waals surface area contributed by atoms with E-state index >= 15 is 0 Å². The molecule has 0 unspecified atom stereocenters. The predicted molar refractivity (Wildman–Crippen MR) is 106 cm³/mol. The van der Waals surface area contributed by atoms with Crippen molar-refractivity contribution in [1.82, 2.24) is 0 Å². The van der Waals surface area contributed by atoms with Gasteiger partial charge in [0.2, 0.25) is 34.2 Å². The van der Waals surface area contributed by atoms with E-state index in [2.05, 4.69) is 0 Å². The van der Waals surface area contributed by atoms with Crippen LogP contribution in [-0.4, -0.2) is 50.9 Å². The van der Waals surface area contributed by atoms with Crippen LogP contribution in [0, 0.1) is 0 Å². The Balaban J connectivity index is 2.46. The summed E-state index contributed by atoms with van der Waals surface area (Å²) in [6.45, 7) is 0. The first-order valence-electron chi connectivity index (χ1n) is 8.50. The van der Waals surface area contributed by atoms with Crippen LogP contribution < -0.4 is 29.1 Å². The molecule has 0 bridgehead atoms. The zero-order chi connectivity index (χ0) is 22.2. The number of fused-ring (bicyclic) bond motifs is 1. The smallest absolute Gasteiger partial charge is 0.239 e. The van der Waals surface area contributed by atoms with Gasteiger partial charge in [-0.1, -0.05) is 0 Å². The van der Waals surface area contributed by atoms with E-state index in [1.165, 1.54) is 47.7 Å². The van der Waals surface area contributed by atoms with E-state index < -0.39 is 16.9 Å². The van der Waals surface area contributed by atoms with E-state index in [0.29, 0.717) is 0 Å². The first-order chi connectivity index (χ1) is 14.3. The molecule has 3 rings (SSSR count). The van der Waals surface area contributed by atoms with Crippen molar-refractivity contribution in [2.24, 2.45) is 0 Å². The van der Waals surface area contributed by atoms with Crippen molar-refractivity contribution < 1.29 is 43.4 Å². The molecule has 0 spiro atoms. The molecule has 0 aliphatic rings. The summed E-state index contributed by atoms with van der Waals surface area (Å²) in [4.78, 5) is 12.9. The van der Waals surface area contributed by atoms with Crippen LogP contribution in [0.15, 0.2) is 21.3 Å². The Kier molecular flexibility index (Phi) is 5.41. The molecule has 0 aliphatic heterocycles. The van der Waals surface area contributed by atoms with E-state index in [9.17, 15) is 20.1 Å². The molecule has 0 saturated heterocycles. The highest BCUT2D eigenvalue weighted by atomic mass is 16.5. The summed E-state index contributed by atoms with van der Waals surface area (Å²) >= 11 is 0. The van der Waals surface area contributed by atoms with E-state index in [1.54, 1.807) is 0 Å². The molecule has 0 saturated carbocycles. The fraction of sp³-hybridized carbons (Fsp3) is 0.250. The van der Waals surface area contributed by atoms with Crippen molar-refractivity contribution in [3.8, 4) is 57.3 Å². The lowest BCUT2D eigenvalue weighted by Crippen LogP contribution is -2.06. The zero-order valence-corrected chi connectivity index (χ0v) is 16.9. The molecule has 0 radical (unpaired) electrons. The molecule has 0 fully saturated rings. The number of phenolic OH excluding ortho intramolecular Hbond substituents is 2. The molecule has 3 aromatic rings. The average Bonchev–Trinajstić information content (AvgIpc) is 2.74. The lowest BCUT2D eigenvalue weighted by Gasteiger charge is -2.17. The average molecular weight is 420 g/mol. The first-order valence-corrected chi connectivity index (χ1v) is 8.50. The highest BCUT2D eigenvalue weighted by Gasteiger charge is 2.29. The number of ether oxygens (including phenoxy) is 5. The fourth-order valence-corrected chi connectivity index (χ4v) is 3.16. The van der Waals surface area contributed by atoms with Crippen LogP contribution in [0.4, 0.5) is 0 Å². The van der Waals surface area contributed by atoms with Gasteiger partial charge in [0, 0.05) is 5.56 Å². The third-order valence-electron chi connectivity index (χ3n) is 4.49. The highest BCUT2D eigenvalue weighted by molar-refractivity contribution is 5.96. The van der Waals surface area contributed by atoms with E-state index in [4.69, 9.17) is 28.1 Å². The summed E-state index contributed by atoms with van der Waals surface area (Å²) < 4.78 is 31.7. The lowest BCUT2D eigenvalue weighted by molar-refractivity contribution is 0.311. The number of methoxy groups -OCH3 is 5. The zero-order valence-electron chi connectivity index (χ0n) is 16.9. The van der Waals surface area contributed by atoms with E-state index in [0.717, 1.165) is 0 Å². The van der Waals surface area contributed by atoms with Crippen molar-refractivity contribution >= 4 is 11.0 Å². The summed E-state index contributed by atoms with van der Waals surface area (Å²) in [6.07, 6.45) is 0. The van der Waals surface area contributed by atoms with Crippen molar-refractivity contribution in [2.45, 2.75) is 0 Å². The number of aromatic hydroxyl groups is 3. The van der Waals surface area contributed by atoms with Crippen molar-refractivity contribution in [1.29, 1.82) is 0 Å². The molecule has 0 amide bonds. The number of phenols is 2. The number of hydrogen-bond donors (Lipinski definition) is 3. The normalized spacial score (nSPS) is 10.7. The molecule has 0 aliphatic carbocycles. The van der Waals surface area contributed by atoms with Crippen LogP contribution >= 0.6 is 0 Å². The quantitative estimate of drug-likeness (QED) is 0.546. The lowest BCUT2D eigenvalue weighted by atomic mass is 10.1. The van der Waals surface area contributed by atoms with Crippen LogP contribution in [0.1, 0.15) is 0 Å². The van der Waals surface area contributed by atoms with Gasteiger partial charge in [0.05, 0.1) is 35.5 Å². The summed E-state index contributed by atoms with van der Waals surface area (Å²) in [6, 6.07) is 2.62. The Morgan fingerprint density at radius 1 is 0.733 bits per heavy atom. The minimum atomic E-state index is -0.947. The molecular formula is C20H20O10. The minimum absolute atomic E-state index is 0.0139. The Labute approximate surface area is 170 Å². The SMILES string of the molecule is COc1cc(-c2oc3c(OC)c(OC)c(OC)c(O)c3c(=O)c2O)cc(O)c1OC. The Morgan fingerprint density at radius 3 is 1.87 bits per heavy atom.